The number of benzene rings is 1. The zero-order chi connectivity index (χ0) is 17.5. The summed E-state index contributed by atoms with van der Waals surface area (Å²) in [4.78, 5) is 12.3. The lowest BCUT2D eigenvalue weighted by atomic mass is 10.0. The number of pyridine rings is 1. The minimum absolute atomic E-state index is 0.0520. The number of Topliss-reactive ketones (excluding diaryl/α,β-unsaturated/α-hetero) is 1. The second kappa shape index (κ2) is 6.33. The lowest BCUT2D eigenvalue weighted by Gasteiger charge is -2.06. The van der Waals surface area contributed by atoms with Gasteiger partial charge in [0.2, 0.25) is 0 Å². The molecule has 0 bridgehead atoms. The molecule has 0 atom stereocenters. The molecule has 0 fully saturated rings. The summed E-state index contributed by atoms with van der Waals surface area (Å²) in [5.74, 6) is -0.250. The molecule has 3 rings (SSSR count). The Morgan fingerprint density at radius 1 is 1.21 bits per heavy atom. The summed E-state index contributed by atoms with van der Waals surface area (Å²) >= 11 is 6.46. The first-order chi connectivity index (χ1) is 11.3. The minimum Gasteiger partial charge on any atom is -0.293 e. The van der Waals surface area contributed by atoms with Crippen molar-refractivity contribution >= 4 is 43.2 Å². The maximum atomic E-state index is 12.9. The highest BCUT2D eigenvalue weighted by Gasteiger charge is 2.32. The molecule has 124 valence electrons. The van der Waals surface area contributed by atoms with Crippen LogP contribution < -0.4 is 0 Å². The highest BCUT2D eigenvalue weighted by molar-refractivity contribution is 9.10. The fraction of sp³-hybridized carbons (Fsp3) is 0.125. The zero-order valence-electron chi connectivity index (χ0n) is 11.9. The molecule has 2 heterocycles. The van der Waals surface area contributed by atoms with Crippen molar-refractivity contribution in [3.63, 3.8) is 0 Å². The van der Waals surface area contributed by atoms with E-state index >= 15 is 0 Å². The van der Waals surface area contributed by atoms with E-state index in [4.69, 9.17) is 0 Å². The van der Waals surface area contributed by atoms with E-state index in [1.54, 1.807) is 18.2 Å². The quantitative estimate of drug-likeness (QED) is 0.388. The van der Waals surface area contributed by atoms with Crippen molar-refractivity contribution in [3.05, 3.63) is 58.2 Å². The van der Waals surface area contributed by atoms with Crippen molar-refractivity contribution in [3.8, 4) is 11.3 Å². The number of nitrogens with zero attached hydrogens (tertiary/aromatic N) is 2. The van der Waals surface area contributed by atoms with Crippen LogP contribution in [0.4, 0.5) is 13.2 Å². The van der Waals surface area contributed by atoms with Crippen molar-refractivity contribution in [1.29, 1.82) is 0 Å². The van der Waals surface area contributed by atoms with Gasteiger partial charge in [-0.3, -0.25) is 4.79 Å². The van der Waals surface area contributed by atoms with Crippen molar-refractivity contribution < 1.29 is 18.0 Å². The number of carbonyl (C=O) groups is 1. The SMILES string of the molecule is O=C(CBr)c1c(-c2cccc(Br)c2)nn2cc(C(F)(F)F)ccc12. The van der Waals surface area contributed by atoms with Gasteiger partial charge in [-0.05, 0) is 24.3 Å². The third-order valence-corrected chi connectivity index (χ3v) is 4.46. The van der Waals surface area contributed by atoms with Gasteiger partial charge in [-0.15, -0.1) is 0 Å². The third-order valence-electron chi connectivity index (χ3n) is 3.46. The van der Waals surface area contributed by atoms with Gasteiger partial charge in [0, 0.05) is 16.2 Å². The summed E-state index contributed by atoms with van der Waals surface area (Å²) in [7, 11) is 0. The van der Waals surface area contributed by atoms with Crippen molar-refractivity contribution in [2.24, 2.45) is 0 Å². The minimum atomic E-state index is -4.48. The molecule has 3 nitrogen and oxygen atoms in total. The van der Waals surface area contributed by atoms with Crippen molar-refractivity contribution in [1.82, 2.24) is 9.61 Å². The van der Waals surface area contributed by atoms with Crippen LogP contribution in [0.3, 0.4) is 0 Å². The maximum Gasteiger partial charge on any atom is 0.417 e. The van der Waals surface area contributed by atoms with Gasteiger partial charge in [-0.25, -0.2) is 4.52 Å². The number of fused-ring (bicyclic) bond motifs is 1. The first-order valence-electron chi connectivity index (χ1n) is 6.76. The Morgan fingerprint density at radius 3 is 2.58 bits per heavy atom. The number of rotatable bonds is 3. The average molecular weight is 462 g/mol. The lowest BCUT2D eigenvalue weighted by Crippen LogP contribution is -2.07. The number of halogens is 5. The van der Waals surface area contributed by atoms with E-state index in [9.17, 15) is 18.0 Å². The fourth-order valence-corrected chi connectivity index (χ4v) is 3.08. The summed E-state index contributed by atoms with van der Waals surface area (Å²) in [5, 5.41) is 4.27. The summed E-state index contributed by atoms with van der Waals surface area (Å²) in [6, 6.07) is 9.32. The number of alkyl halides is 4. The smallest absolute Gasteiger partial charge is 0.293 e. The number of hydrogen-bond acceptors (Lipinski definition) is 2. The Kier molecular flexibility index (Phi) is 4.52. The van der Waals surface area contributed by atoms with Crippen LogP contribution in [0.25, 0.3) is 16.8 Å². The number of carbonyl (C=O) groups excluding carboxylic acids is 1. The van der Waals surface area contributed by atoms with Crippen molar-refractivity contribution in [2.45, 2.75) is 6.18 Å². The van der Waals surface area contributed by atoms with Crippen LogP contribution in [0.15, 0.2) is 47.1 Å². The first kappa shape index (κ1) is 17.2. The molecular weight excluding hydrogens is 453 g/mol. The van der Waals surface area contributed by atoms with Gasteiger partial charge in [0.15, 0.2) is 5.78 Å². The molecule has 0 aliphatic carbocycles. The van der Waals surface area contributed by atoms with Crippen LogP contribution in [0.2, 0.25) is 0 Å². The largest absolute Gasteiger partial charge is 0.417 e. The summed E-state index contributed by atoms with van der Waals surface area (Å²) in [5.41, 5.74) is 0.795. The van der Waals surface area contributed by atoms with Gasteiger partial charge in [0.25, 0.3) is 0 Å². The molecule has 0 spiro atoms. The van der Waals surface area contributed by atoms with Crippen LogP contribution >= 0.6 is 31.9 Å². The Bertz CT molecular complexity index is 935. The van der Waals surface area contributed by atoms with E-state index < -0.39 is 11.7 Å². The number of aromatic nitrogens is 2. The second-order valence-corrected chi connectivity index (χ2v) is 6.51. The Balaban J connectivity index is 2.29. The van der Waals surface area contributed by atoms with Crippen LogP contribution in [0.1, 0.15) is 15.9 Å². The maximum absolute atomic E-state index is 12.9. The molecule has 0 saturated carbocycles. The van der Waals surface area contributed by atoms with Gasteiger partial charge >= 0.3 is 6.18 Å². The molecule has 24 heavy (non-hydrogen) atoms. The topological polar surface area (TPSA) is 34.4 Å². The second-order valence-electron chi connectivity index (χ2n) is 5.04. The number of ketones is 1. The van der Waals surface area contributed by atoms with E-state index in [0.29, 0.717) is 22.3 Å². The van der Waals surface area contributed by atoms with Gasteiger partial charge < -0.3 is 0 Å². The molecule has 1 aromatic carbocycles. The van der Waals surface area contributed by atoms with Gasteiger partial charge in [0.1, 0.15) is 5.69 Å². The van der Waals surface area contributed by atoms with E-state index in [2.05, 4.69) is 37.0 Å². The van der Waals surface area contributed by atoms with E-state index in [1.807, 2.05) is 6.07 Å². The predicted octanol–water partition coefficient (Wildman–Crippen LogP) is 5.36. The molecule has 2 aromatic heterocycles. The monoisotopic (exact) mass is 460 g/mol. The Morgan fingerprint density at radius 2 is 1.96 bits per heavy atom. The van der Waals surface area contributed by atoms with Crippen LogP contribution in [0, 0.1) is 0 Å². The van der Waals surface area contributed by atoms with Crippen LogP contribution in [-0.2, 0) is 6.18 Å². The van der Waals surface area contributed by atoms with Crippen LogP contribution in [0.5, 0.6) is 0 Å². The molecule has 0 amide bonds. The normalized spacial score (nSPS) is 11.9. The summed E-state index contributed by atoms with van der Waals surface area (Å²) in [6.07, 6.45) is -3.59. The molecule has 0 N–H and O–H groups in total. The van der Waals surface area contributed by atoms with E-state index in [0.717, 1.165) is 21.3 Å². The molecule has 0 aliphatic rings. The fourth-order valence-electron chi connectivity index (χ4n) is 2.40. The zero-order valence-corrected chi connectivity index (χ0v) is 15.1. The first-order valence-corrected chi connectivity index (χ1v) is 8.67. The molecular formula is C16H9Br2F3N2O. The lowest BCUT2D eigenvalue weighted by molar-refractivity contribution is -0.137. The molecule has 0 aliphatic heterocycles. The predicted molar refractivity (Wildman–Crippen MR) is 91.5 cm³/mol. The molecule has 3 aromatic rings. The Labute approximate surface area is 151 Å². The molecule has 0 radical (unpaired) electrons. The molecule has 0 saturated heterocycles. The van der Waals surface area contributed by atoms with Crippen LogP contribution in [-0.4, -0.2) is 20.7 Å². The summed E-state index contributed by atoms with van der Waals surface area (Å²) < 4.78 is 40.6. The van der Waals surface area contributed by atoms with E-state index in [1.165, 1.54) is 6.07 Å². The van der Waals surface area contributed by atoms with Gasteiger partial charge in [-0.2, -0.15) is 18.3 Å². The van der Waals surface area contributed by atoms with E-state index in [-0.39, 0.29) is 11.1 Å². The highest BCUT2D eigenvalue weighted by atomic mass is 79.9. The third kappa shape index (κ3) is 3.12. The van der Waals surface area contributed by atoms with Gasteiger partial charge in [0.05, 0.1) is 22.0 Å². The number of hydrogen-bond donors (Lipinski definition) is 0. The van der Waals surface area contributed by atoms with Gasteiger partial charge in [-0.1, -0.05) is 44.0 Å². The summed E-state index contributed by atoms with van der Waals surface area (Å²) in [6.45, 7) is 0. The standard InChI is InChI=1S/C16H9Br2F3N2O/c17-7-13(24)14-12-5-4-10(16(19,20)21)8-23(12)22-15(14)9-2-1-3-11(18)6-9/h1-6,8H,7H2. The Hall–Kier alpha value is -1.67. The van der Waals surface area contributed by atoms with Crippen molar-refractivity contribution in [2.75, 3.05) is 5.33 Å². The average Bonchev–Trinajstić information content (AvgIpc) is 2.92. The molecule has 8 heteroatoms. The highest BCUT2D eigenvalue weighted by Crippen LogP contribution is 2.33. The molecule has 0 unspecified atom stereocenters.